The van der Waals surface area contributed by atoms with Gasteiger partial charge in [0.1, 0.15) is 5.82 Å². The lowest BCUT2D eigenvalue weighted by Crippen LogP contribution is -2.06. The normalized spacial score (nSPS) is 10.8. The molecule has 100 valence electrons. The van der Waals surface area contributed by atoms with E-state index in [2.05, 4.69) is 5.10 Å². The number of benzene rings is 1. The van der Waals surface area contributed by atoms with Gasteiger partial charge in [-0.25, -0.2) is 4.39 Å². The first-order valence-electron chi connectivity index (χ1n) is 6.18. The van der Waals surface area contributed by atoms with Gasteiger partial charge in [-0.15, -0.1) is 0 Å². The molecule has 0 radical (unpaired) electrons. The van der Waals surface area contributed by atoms with Gasteiger partial charge in [-0.05, 0) is 44.5 Å². The summed E-state index contributed by atoms with van der Waals surface area (Å²) in [5.74, 6) is -0.454. The molecule has 0 aliphatic carbocycles. The van der Waals surface area contributed by atoms with Crippen LogP contribution in [0.2, 0.25) is 0 Å². The Morgan fingerprint density at radius 2 is 1.95 bits per heavy atom. The zero-order chi connectivity index (χ0) is 14.2. The summed E-state index contributed by atoms with van der Waals surface area (Å²) in [6, 6.07) is 4.42. The highest BCUT2D eigenvalue weighted by Gasteiger charge is 2.15. The number of rotatable bonds is 3. The van der Waals surface area contributed by atoms with Crippen LogP contribution >= 0.6 is 0 Å². The minimum absolute atomic E-state index is 0.0817. The molecule has 19 heavy (non-hydrogen) atoms. The summed E-state index contributed by atoms with van der Waals surface area (Å²) < 4.78 is 15.1. The number of carbonyl (C=O) groups is 1. The summed E-state index contributed by atoms with van der Waals surface area (Å²) in [6.07, 6.45) is 0.258. The third kappa shape index (κ3) is 2.72. The summed E-state index contributed by atoms with van der Waals surface area (Å²) in [7, 11) is 1.85. The fraction of sp³-hybridized carbons (Fsp3) is 0.333. The maximum Gasteiger partial charge on any atom is 0.167 e. The van der Waals surface area contributed by atoms with Crippen LogP contribution in [0.25, 0.3) is 0 Å². The number of ketones is 1. The predicted molar refractivity (Wildman–Crippen MR) is 71.9 cm³/mol. The number of nitrogens with zero attached hydrogens (tertiary/aromatic N) is 2. The van der Waals surface area contributed by atoms with Gasteiger partial charge in [-0.2, -0.15) is 5.10 Å². The van der Waals surface area contributed by atoms with Gasteiger partial charge >= 0.3 is 0 Å². The molecular weight excluding hydrogens is 243 g/mol. The van der Waals surface area contributed by atoms with E-state index in [1.54, 1.807) is 17.7 Å². The molecule has 0 saturated carbocycles. The van der Waals surface area contributed by atoms with Crippen molar-refractivity contribution in [3.63, 3.8) is 0 Å². The minimum Gasteiger partial charge on any atom is -0.294 e. The predicted octanol–water partition coefficient (Wildman–Crippen LogP) is 2.91. The van der Waals surface area contributed by atoms with Crippen LogP contribution in [0.15, 0.2) is 18.2 Å². The van der Waals surface area contributed by atoms with E-state index < -0.39 is 0 Å². The molecule has 0 spiro atoms. The molecule has 4 heteroatoms. The van der Waals surface area contributed by atoms with Gasteiger partial charge in [-0.1, -0.05) is 0 Å². The monoisotopic (exact) mass is 260 g/mol. The second-order valence-electron chi connectivity index (χ2n) is 4.89. The van der Waals surface area contributed by atoms with E-state index in [-0.39, 0.29) is 18.0 Å². The number of Topliss-reactive ketones (excluding diaryl/α,β-unsaturated/α-hetero) is 1. The average Bonchev–Trinajstić information content (AvgIpc) is 2.54. The Labute approximate surface area is 112 Å². The first-order chi connectivity index (χ1) is 8.88. The topological polar surface area (TPSA) is 34.9 Å². The molecule has 0 unspecified atom stereocenters. The number of carbonyl (C=O) groups excluding carboxylic acids is 1. The lowest BCUT2D eigenvalue weighted by atomic mass is 10.0. The van der Waals surface area contributed by atoms with Crippen LogP contribution in [-0.2, 0) is 13.5 Å². The quantitative estimate of drug-likeness (QED) is 0.795. The summed E-state index contributed by atoms with van der Waals surface area (Å²) in [5, 5.41) is 4.28. The van der Waals surface area contributed by atoms with Crippen LogP contribution in [0.1, 0.15) is 32.9 Å². The Hall–Kier alpha value is -1.97. The highest BCUT2D eigenvalue weighted by atomic mass is 19.1. The Balaban J connectivity index is 2.30. The van der Waals surface area contributed by atoms with Crippen molar-refractivity contribution in [2.75, 3.05) is 0 Å². The molecule has 1 aromatic carbocycles. The minimum atomic E-state index is -0.372. The zero-order valence-electron chi connectivity index (χ0n) is 11.6. The van der Waals surface area contributed by atoms with Gasteiger partial charge in [0, 0.05) is 30.3 Å². The number of aromatic nitrogens is 2. The lowest BCUT2D eigenvalue weighted by molar-refractivity contribution is 0.0992. The first-order valence-corrected chi connectivity index (χ1v) is 6.18. The Kier molecular flexibility index (Phi) is 3.51. The molecule has 0 saturated heterocycles. The number of hydrogen-bond donors (Lipinski definition) is 0. The van der Waals surface area contributed by atoms with Gasteiger partial charge in [0.15, 0.2) is 5.78 Å². The number of hydrogen-bond acceptors (Lipinski definition) is 2. The van der Waals surface area contributed by atoms with Crippen molar-refractivity contribution < 1.29 is 9.18 Å². The van der Waals surface area contributed by atoms with Crippen molar-refractivity contribution in [1.82, 2.24) is 9.78 Å². The van der Waals surface area contributed by atoms with Gasteiger partial charge in [0.25, 0.3) is 0 Å². The molecular formula is C15H17FN2O. The molecule has 0 N–H and O–H groups in total. The van der Waals surface area contributed by atoms with Gasteiger partial charge < -0.3 is 0 Å². The Morgan fingerprint density at radius 1 is 1.26 bits per heavy atom. The van der Waals surface area contributed by atoms with Crippen LogP contribution in [-0.4, -0.2) is 15.6 Å². The first kappa shape index (κ1) is 13.5. The molecule has 0 aliphatic heterocycles. The van der Waals surface area contributed by atoms with Crippen molar-refractivity contribution in [2.45, 2.75) is 27.2 Å². The second kappa shape index (κ2) is 4.96. The standard InChI is InChI=1S/C15H17FN2O/c1-9-5-12(7-13(16)6-9)15(19)8-14-10(2)17-18(4)11(14)3/h5-7H,8H2,1-4H3. The lowest BCUT2D eigenvalue weighted by Gasteiger charge is -2.04. The second-order valence-corrected chi connectivity index (χ2v) is 4.89. The van der Waals surface area contributed by atoms with E-state index in [1.807, 2.05) is 20.9 Å². The fourth-order valence-electron chi connectivity index (χ4n) is 2.23. The third-order valence-electron chi connectivity index (χ3n) is 3.36. The summed E-state index contributed by atoms with van der Waals surface area (Å²) >= 11 is 0. The van der Waals surface area contributed by atoms with E-state index in [9.17, 15) is 9.18 Å². The SMILES string of the molecule is Cc1cc(F)cc(C(=O)Cc2c(C)nn(C)c2C)c1. The van der Waals surface area contributed by atoms with Crippen LogP contribution in [0.3, 0.4) is 0 Å². The Bertz CT molecular complexity index is 624. The largest absolute Gasteiger partial charge is 0.294 e. The van der Waals surface area contributed by atoms with Crippen molar-refractivity contribution in [1.29, 1.82) is 0 Å². The van der Waals surface area contributed by atoms with Gasteiger partial charge in [0.2, 0.25) is 0 Å². The molecule has 0 amide bonds. The summed E-state index contributed by atoms with van der Waals surface area (Å²) in [6.45, 7) is 5.59. The fourth-order valence-corrected chi connectivity index (χ4v) is 2.23. The molecule has 2 rings (SSSR count). The molecule has 0 bridgehead atoms. The third-order valence-corrected chi connectivity index (χ3v) is 3.36. The summed E-state index contributed by atoms with van der Waals surface area (Å²) in [4.78, 5) is 12.2. The van der Waals surface area contributed by atoms with Crippen molar-refractivity contribution in [3.8, 4) is 0 Å². The molecule has 2 aromatic rings. The molecule has 0 fully saturated rings. The Morgan fingerprint density at radius 3 is 2.47 bits per heavy atom. The van der Waals surface area contributed by atoms with Crippen LogP contribution in [0.5, 0.6) is 0 Å². The van der Waals surface area contributed by atoms with Crippen molar-refractivity contribution in [2.24, 2.45) is 7.05 Å². The molecule has 1 heterocycles. The smallest absolute Gasteiger partial charge is 0.167 e. The van der Waals surface area contributed by atoms with E-state index in [0.29, 0.717) is 5.56 Å². The van der Waals surface area contributed by atoms with Crippen LogP contribution < -0.4 is 0 Å². The molecule has 0 atom stereocenters. The highest BCUT2D eigenvalue weighted by Crippen LogP contribution is 2.16. The molecule has 3 nitrogen and oxygen atoms in total. The van der Waals surface area contributed by atoms with E-state index in [4.69, 9.17) is 0 Å². The summed E-state index contributed by atoms with van der Waals surface area (Å²) in [5.41, 5.74) is 3.91. The average molecular weight is 260 g/mol. The maximum absolute atomic E-state index is 13.3. The van der Waals surface area contributed by atoms with Crippen LogP contribution in [0, 0.1) is 26.6 Å². The molecule has 1 aromatic heterocycles. The van der Waals surface area contributed by atoms with Crippen LogP contribution in [0.4, 0.5) is 4.39 Å². The van der Waals surface area contributed by atoms with E-state index >= 15 is 0 Å². The molecule has 0 aliphatic rings. The van der Waals surface area contributed by atoms with Gasteiger partial charge in [-0.3, -0.25) is 9.48 Å². The van der Waals surface area contributed by atoms with Crippen molar-refractivity contribution >= 4 is 5.78 Å². The van der Waals surface area contributed by atoms with Gasteiger partial charge in [0.05, 0.1) is 5.69 Å². The van der Waals surface area contributed by atoms with E-state index in [0.717, 1.165) is 22.5 Å². The van der Waals surface area contributed by atoms with E-state index in [1.165, 1.54) is 12.1 Å². The maximum atomic E-state index is 13.3. The highest BCUT2D eigenvalue weighted by molar-refractivity contribution is 5.97. The van der Waals surface area contributed by atoms with Crippen molar-refractivity contribution in [3.05, 3.63) is 52.1 Å². The number of aryl methyl sites for hydroxylation is 3. The number of halogens is 1. The zero-order valence-corrected chi connectivity index (χ0v) is 11.6.